The third-order valence-corrected chi connectivity index (χ3v) is 10.6. The summed E-state index contributed by atoms with van der Waals surface area (Å²) < 4.78 is 62.3. The average Bonchev–Trinajstić information content (AvgIpc) is 3.77. The summed E-state index contributed by atoms with van der Waals surface area (Å²) in [4.78, 5) is 63.9. The van der Waals surface area contributed by atoms with Crippen LogP contribution in [0, 0.1) is 5.92 Å². The molecule has 0 radical (unpaired) electrons. The van der Waals surface area contributed by atoms with Crippen molar-refractivity contribution < 1.29 is 61.2 Å². The van der Waals surface area contributed by atoms with Gasteiger partial charge in [0.1, 0.15) is 23.4 Å². The maximum Gasteiger partial charge on any atom is 0.266 e. The number of rotatable bonds is 27. The molecule has 2 aliphatic rings. The van der Waals surface area contributed by atoms with Crippen LogP contribution in [0.3, 0.4) is 0 Å². The first-order valence-electron chi connectivity index (χ1n) is 20.9. The summed E-state index contributed by atoms with van der Waals surface area (Å²) in [6.45, 7) is 1.63. The second-order valence-electron chi connectivity index (χ2n) is 14.9. The molecule has 0 spiro atoms. The van der Waals surface area contributed by atoms with Crippen molar-refractivity contribution >= 4 is 63.3 Å². The predicted molar refractivity (Wildman–Crippen MR) is 235 cm³/mol. The Labute approximate surface area is 373 Å². The van der Waals surface area contributed by atoms with Gasteiger partial charge in [0.2, 0.25) is 17.7 Å². The zero-order valence-electron chi connectivity index (χ0n) is 35.2. The van der Waals surface area contributed by atoms with Crippen LogP contribution >= 0.6 is 12.2 Å². The van der Waals surface area contributed by atoms with E-state index in [1.165, 1.54) is 6.07 Å². The number of anilines is 1. The number of hydrogen-bond acceptors (Lipinski definition) is 12. The van der Waals surface area contributed by atoms with Crippen LogP contribution in [0.4, 0.5) is 14.5 Å². The van der Waals surface area contributed by atoms with E-state index in [1.54, 1.807) is 28.8 Å². The molecule has 5 amide bonds. The number of halogens is 2. The van der Waals surface area contributed by atoms with Crippen LogP contribution in [0.25, 0.3) is 22.0 Å². The Morgan fingerprint density at radius 2 is 1.44 bits per heavy atom. The Hall–Kier alpha value is -5.70. The summed E-state index contributed by atoms with van der Waals surface area (Å²) in [6.07, 6.45) is 2.06. The topological polar surface area (TPSA) is 199 Å². The molecule has 6 rings (SSSR count). The van der Waals surface area contributed by atoms with Gasteiger partial charge in [-0.25, -0.2) is 0 Å². The molecule has 1 aromatic heterocycles. The lowest BCUT2D eigenvalue weighted by Crippen LogP contribution is -2.54. The minimum absolute atomic E-state index is 0.0333. The Morgan fingerprint density at radius 3 is 2.08 bits per heavy atom. The number of alkyl halides is 2. The van der Waals surface area contributed by atoms with E-state index >= 15 is 0 Å². The Balaban J connectivity index is 0.785. The van der Waals surface area contributed by atoms with Gasteiger partial charge < -0.3 is 44.0 Å². The van der Waals surface area contributed by atoms with Crippen LogP contribution < -0.4 is 21.1 Å². The van der Waals surface area contributed by atoms with E-state index in [4.69, 9.17) is 46.4 Å². The van der Waals surface area contributed by atoms with Gasteiger partial charge in [-0.15, -0.1) is 0 Å². The van der Waals surface area contributed by atoms with Gasteiger partial charge in [-0.05, 0) is 42.3 Å². The fourth-order valence-electron chi connectivity index (χ4n) is 7.19. The molecule has 19 heteroatoms. The SMILES string of the molecule is NC(=S)c1cccc(-c2cn(CC(CF)CF)c3cc(NC(=O)CCOCCOCCOCCOCCOCCOc4cccc5c4C(=O)N(C4CCC(=O)NC4=O)C5=O)ccc23)c1. The lowest BCUT2D eigenvalue weighted by atomic mass is 10.0. The highest BCUT2D eigenvalue weighted by Gasteiger charge is 2.46. The average molecular weight is 908 g/mol. The molecule has 3 heterocycles. The fourth-order valence-corrected chi connectivity index (χ4v) is 7.32. The normalized spacial score (nSPS) is 15.0. The standard InChI is InChI=1S/C45H51F2N5O11S/c46-25-29(26-47)27-51-28-35(30-3-1-4-31(23-30)42(48)64)33-8-7-32(24-37(33)51)49-40(54)11-12-58-13-14-59-15-16-60-17-18-61-19-20-62-21-22-63-38-6-2-5-34-41(38)45(57)52(44(34)56)36-9-10-39(53)50-43(36)55/h1-8,23-24,28-29,36H,9-22,25-27H2,(H2,48,64)(H,49,54)(H,50,53,55). The van der Waals surface area contributed by atoms with Crippen LogP contribution in [-0.4, -0.2) is 136 Å². The molecule has 342 valence electrons. The van der Waals surface area contributed by atoms with Gasteiger partial charge in [-0.1, -0.05) is 42.5 Å². The number of nitrogens with two attached hydrogens (primary N) is 1. The molecular weight excluding hydrogens is 857 g/mol. The first-order chi connectivity index (χ1) is 31.1. The first-order valence-corrected chi connectivity index (χ1v) is 21.3. The smallest absolute Gasteiger partial charge is 0.266 e. The summed E-state index contributed by atoms with van der Waals surface area (Å²) in [5.74, 6) is -3.23. The highest BCUT2D eigenvalue weighted by molar-refractivity contribution is 7.80. The Kier molecular flexibility index (Phi) is 17.8. The molecular formula is C45H51F2N5O11S. The molecule has 0 saturated carbocycles. The molecule has 0 bridgehead atoms. The van der Waals surface area contributed by atoms with Gasteiger partial charge in [-0.3, -0.25) is 43.0 Å². The van der Waals surface area contributed by atoms with Gasteiger partial charge in [0.15, 0.2) is 0 Å². The molecule has 1 fully saturated rings. The number of hydrogen-bond donors (Lipinski definition) is 3. The number of nitrogens with zero attached hydrogens (tertiary/aromatic N) is 2. The van der Waals surface area contributed by atoms with Gasteiger partial charge in [-0.2, -0.15) is 0 Å². The molecule has 1 atom stereocenters. The summed E-state index contributed by atoms with van der Waals surface area (Å²) in [5, 5.41) is 5.90. The van der Waals surface area contributed by atoms with Crippen molar-refractivity contribution in [3.8, 4) is 16.9 Å². The quantitative estimate of drug-likeness (QED) is 0.0433. The van der Waals surface area contributed by atoms with Gasteiger partial charge >= 0.3 is 0 Å². The molecule has 0 aliphatic carbocycles. The largest absolute Gasteiger partial charge is 0.490 e. The molecule has 3 aromatic carbocycles. The lowest BCUT2D eigenvalue weighted by Gasteiger charge is -2.27. The van der Waals surface area contributed by atoms with E-state index < -0.39 is 48.9 Å². The number of carbonyl (C=O) groups is 5. The fraction of sp³-hybridized carbons (Fsp3) is 0.422. The Morgan fingerprint density at radius 1 is 0.797 bits per heavy atom. The predicted octanol–water partition coefficient (Wildman–Crippen LogP) is 4.39. The summed E-state index contributed by atoms with van der Waals surface area (Å²) >= 11 is 5.15. The second-order valence-corrected chi connectivity index (χ2v) is 15.3. The van der Waals surface area contributed by atoms with E-state index in [9.17, 15) is 32.8 Å². The van der Waals surface area contributed by atoms with Crippen LogP contribution in [0.5, 0.6) is 5.75 Å². The number of piperidine rings is 1. The van der Waals surface area contributed by atoms with Crippen molar-refractivity contribution in [3.05, 3.63) is 83.6 Å². The zero-order chi connectivity index (χ0) is 45.4. The maximum absolute atomic E-state index is 13.5. The van der Waals surface area contributed by atoms with Crippen LogP contribution in [0.2, 0.25) is 0 Å². The van der Waals surface area contributed by atoms with Gasteiger partial charge in [0.05, 0.1) is 102 Å². The molecule has 2 aliphatic heterocycles. The monoisotopic (exact) mass is 907 g/mol. The second kappa shape index (κ2) is 23.8. The van der Waals surface area contributed by atoms with E-state index in [1.807, 2.05) is 36.5 Å². The number of amides is 5. The summed E-state index contributed by atoms with van der Waals surface area (Å²) in [7, 11) is 0. The summed E-state index contributed by atoms with van der Waals surface area (Å²) in [5.41, 5.74) is 9.72. The van der Waals surface area contributed by atoms with Crippen molar-refractivity contribution in [3.63, 3.8) is 0 Å². The molecule has 64 heavy (non-hydrogen) atoms. The van der Waals surface area contributed by atoms with Crippen molar-refractivity contribution in [2.24, 2.45) is 11.7 Å². The molecule has 16 nitrogen and oxygen atoms in total. The number of carbonyl (C=O) groups excluding carboxylic acids is 5. The molecule has 4 N–H and O–H groups in total. The number of ether oxygens (including phenoxy) is 6. The third kappa shape index (κ3) is 12.5. The highest BCUT2D eigenvalue weighted by Crippen LogP contribution is 2.35. The number of imide groups is 2. The zero-order valence-corrected chi connectivity index (χ0v) is 36.0. The Bertz CT molecular complexity index is 2310. The van der Waals surface area contributed by atoms with E-state index in [0.29, 0.717) is 64.1 Å². The van der Waals surface area contributed by atoms with Gasteiger partial charge in [0, 0.05) is 47.3 Å². The van der Waals surface area contributed by atoms with Gasteiger partial charge in [0.25, 0.3) is 11.8 Å². The van der Waals surface area contributed by atoms with Crippen molar-refractivity contribution in [1.29, 1.82) is 0 Å². The number of aromatic nitrogens is 1. The van der Waals surface area contributed by atoms with E-state index in [2.05, 4.69) is 10.6 Å². The number of nitrogens with one attached hydrogen (secondary N) is 2. The van der Waals surface area contributed by atoms with Crippen molar-refractivity contribution in [1.82, 2.24) is 14.8 Å². The van der Waals surface area contributed by atoms with E-state index in [-0.39, 0.29) is 73.4 Å². The van der Waals surface area contributed by atoms with Crippen molar-refractivity contribution in [2.45, 2.75) is 31.8 Å². The van der Waals surface area contributed by atoms with Crippen LogP contribution in [0.1, 0.15) is 45.5 Å². The molecule has 4 aromatic rings. The minimum atomic E-state index is -1.06. The third-order valence-electron chi connectivity index (χ3n) is 10.4. The van der Waals surface area contributed by atoms with E-state index in [0.717, 1.165) is 26.9 Å². The first kappa shape index (κ1) is 47.8. The molecule has 1 unspecified atom stereocenters. The molecule has 1 saturated heterocycles. The minimum Gasteiger partial charge on any atom is -0.490 e. The van der Waals surface area contributed by atoms with Crippen LogP contribution in [-0.2, 0) is 44.6 Å². The lowest BCUT2D eigenvalue weighted by molar-refractivity contribution is -0.136. The number of thiocarbonyl (C=S) groups is 1. The number of fused-ring (bicyclic) bond motifs is 2. The van der Waals surface area contributed by atoms with Crippen molar-refractivity contribution in [2.75, 3.05) is 91.3 Å². The summed E-state index contributed by atoms with van der Waals surface area (Å²) in [6, 6.07) is 16.5. The number of benzene rings is 3. The highest BCUT2D eigenvalue weighted by atomic mass is 32.1. The van der Waals surface area contributed by atoms with Crippen LogP contribution in [0.15, 0.2) is 66.9 Å². The maximum atomic E-state index is 13.5.